The Labute approximate surface area is 151 Å². The van der Waals surface area contributed by atoms with Crippen molar-refractivity contribution in [1.29, 1.82) is 0 Å². The smallest absolute Gasteiger partial charge is 0.319 e. The van der Waals surface area contributed by atoms with E-state index in [-0.39, 0.29) is 6.42 Å². The summed E-state index contributed by atoms with van der Waals surface area (Å²) in [5.74, 6) is 0.395. The highest BCUT2D eigenvalue weighted by Gasteiger charge is 2.42. The van der Waals surface area contributed by atoms with Gasteiger partial charge in [-0.2, -0.15) is 0 Å². The zero-order valence-corrected chi connectivity index (χ0v) is 14.8. The minimum Gasteiger partial charge on any atom is -0.481 e. The third-order valence-electron chi connectivity index (χ3n) is 4.84. The first-order valence-electron chi connectivity index (χ1n) is 8.51. The molecule has 3 rings (SSSR count). The van der Waals surface area contributed by atoms with Crippen molar-refractivity contribution in [3.63, 3.8) is 0 Å². The van der Waals surface area contributed by atoms with Crippen molar-refractivity contribution in [1.82, 2.24) is 5.32 Å². The fourth-order valence-electron chi connectivity index (χ4n) is 3.15. The Balaban J connectivity index is 1.81. The zero-order chi connectivity index (χ0) is 18.7. The number of alkyl halides is 2. The van der Waals surface area contributed by atoms with E-state index >= 15 is 0 Å². The van der Waals surface area contributed by atoms with E-state index in [0.29, 0.717) is 17.0 Å². The van der Waals surface area contributed by atoms with Gasteiger partial charge >= 0.3 is 6.03 Å². The van der Waals surface area contributed by atoms with Crippen LogP contribution in [0, 0.1) is 13.8 Å². The summed E-state index contributed by atoms with van der Waals surface area (Å²) in [7, 11) is 0. The molecule has 138 valence electrons. The number of ether oxygens (including phenoxy) is 1. The number of amides is 2. The lowest BCUT2D eigenvalue weighted by atomic mass is 9.88. The van der Waals surface area contributed by atoms with Gasteiger partial charge in [-0.1, -0.05) is 30.3 Å². The number of aryl methyl sites for hydroxylation is 1. The van der Waals surface area contributed by atoms with Crippen molar-refractivity contribution >= 4 is 11.7 Å². The Bertz CT molecular complexity index is 806. The molecule has 0 radical (unpaired) electrons. The number of nitrogens with one attached hydrogen (secondary N) is 2. The number of halogens is 2. The highest BCUT2D eigenvalue weighted by Crippen LogP contribution is 2.40. The predicted octanol–water partition coefficient (Wildman–Crippen LogP) is 4.63. The van der Waals surface area contributed by atoms with Crippen molar-refractivity contribution in [3.05, 3.63) is 59.2 Å². The van der Waals surface area contributed by atoms with Gasteiger partial charge in [0.25, 0.3) is 0 Å². The lowest BCUT2D eigenvalue weighted by Gasteiger charge is -2.39. The first-order chi connectivity index (χ1) is 12.5. The summed E-state index contributed by atoms with van der Waals surface area (Å²) in [6, 6.07) is 11.7. The molecule has 1 aliphatic heterocycles. The van der Waals surface area contributed by atoms with Gasteiger partial charge in [-0.05, 0) is 37.1 Å². The number of rotatable bonds is 4. The van der Waals surface area contributed by atoms with Crippen molar-refractivity contribution in [2.45, 2.75) is 31.9 Å². The molecule has 4 nitrogen and oxygen atoms in total. The van der Waals surface area contributed by atoms with E-state index in [9.17, 15) is 13.6 Å². The van der Waals surface area contributed by atoms with Gasteiger partial charge in [0.05, 0.1) is 6.04 Å². The number of para-hydroxylation sites is 1. The largest absolute Gasteiger partial charge is 0.481 e. The molecule has 1 unspecified atom stereocenters. The summed E-state index contributed by atoms with van der Waals surface area (Å²) in [4.78, 5) is 12.5. The van der Waals surface area contributed by atoms with Crippen molar-refractivity contribution in [2.24, 2.45) is 0 Å². The molecule has 1 atom stereocenters. The maximum absolute atomic E-state index is 13.5. The SMILES string of the molecule is Cc1cccc(NC(=O)NC2CC(CF)(CF)Oc3ccccc32)c1C. The molecule has 2 aromatic carbocycles. The predicted molar refractivity (Wildman–Crippen MR) is 97.2 cm³/mol. The van der Waals surface area contributed by atoms with Gasteiger partial charge in [-0.3, -0.25) is 0 Å². The van der Waals surface area contributed by atoms with Crippen molar-refractivity contribution in [3.8, 4) is 5.75 Å². The van der Waals surface area contributed by atoms with E-state index in [1.54, 1.807) is 24.3 Å². The van der Waals surface area contributed by atoms with Crippen LogP contribution >= 0.6 is 0 Å². The van der Waals surface area contributed by atoms with Crippen LogP contribution in [0.3, 0.4) is 0 Å². The zero-order valence-electron chi connectivity index (χ0n) is 14.8. The van der Waals surface area contributed by atoms with E-state index in [0.717, 1.165) is 11.1 Å². The summed E-state index contributed by atoms with van der Waals surface area (Å²) in [6.45, 7) is 1.96. The first kappa shape index (κ1) is 18.2. The first-order valence-corrected chi connectivity index (χ1v) is 8.51. The van der Waals surface area contributed by atoms with Crippen molar-refractivity contribution < 1.29 is 18.3 Å². The van der Waals surface area contributed by atoms with Crippen LogP contribution in [0.4, 0.5) is 19.3 Å². The molecular formula is C20H22F2N2O2. The molecule has 26 heavy (non-hydrogen) atoms. The maximum Gasteiger partial charge on any atom is 0.319 e. The van der Waals surface area contributed by atoms with Crippen LogP contribution in [0.5, 0.6) is 5.75 Å². The maximum atomic E-state index is 13.5. The molecule has 1 aliphatic rings. The Hall–Kier alpha value is -2.63. The number of benzene rings is 2. The summed E-state index contributed by atoms with van der Waals surface area (Å²) in [5.41, 5.74) is 1.88. The van der Waals surface area contributed by atoms with Gasteiger partial charge in [-0.15, -0.1) is 0 Å². The average Bonchev–Trinajstić information content (AvgIpc) is 2.65. The minimum atomic E-state index is -1.56. The van der Waals surface area contributed by atoms with Crippen LogP contribution in [0.2, 0.25) is 0 Å². The van der Waals surface area contributed by atoms with E-state index in [2.05, 4.69) is 10.6 Å². The molecule has 2 amide bonds. The van der Waals surface area contributed by atoms with E-state index < -0.39 is 31.0 Å². The molecule has 1 heterocycles. The van der Waals surface area contributed by atoms with Crippen molar-refractivity contribution in [2.75, 3.05) is 18.7 Å². The van der Waals surface area contributed by atoms with Crippen LogP contribution < -0.4 is 15.4 Å². The number of hydrogen-bond acceptors (Lipinski definition) is 2. The highest BCUT2D eigenvalue weighted by atomic mass is 19.1. The minimum absolute atomic E-state index is 0.0250. The molecule has 0 saturated heterocycles. The van der Waals surface area contributed by atoms with Gasteiger partial charge in [0.15, 0.2) is 5.60 Å². The quantitative estimate of drug-likeness (QED) is 0.835. The van der Waals surface area contributed by atoms with E-state index in [1.807, 2.05) is 32.0 Å². The fraction of sp³-hybridized carbons (Fsp3) is 0.350. The van der Waals surface area contributed by atoms with E-state index in [1.165, 1.54) is 0 Å². The lowest BCUT2D eigenvalue weighted by molar-refractivity contribution is -0.0105. The molecule has 0 spiro atoms. The summed E-state index contributed by atoms with van der Waals surface area (Å²) >= 11 is 0. The molecule has 6 heteroatoms. The van der Waals surface area contributed by atoms with Crippen LogP contribution in [-0.4, -0.2) is 25.0 Å². The third-order valence-corrected chi connectivity index (χ3v) is 4.84. The van der Waals surface area contributed by atoms with Gasteiger partial charge in [-0.25, -0.2) is 13.6 Å². The summed E-state index contributed by atoms with van der Waals surface area (Å²) in [5, 5.41) is 5.64. The Morgan fingerprint density at radius 3 is 2.62 bits per heavy atom. The van der Waals surface area contributed by atoms with E-state index in [4.69, 9.17) is 4.74 Å². The molecule has 0 fully saturated rings. The normalized spacial score (nSPS) is 17.8. The number of fused-ring (bicyclic) bond motifs is 1. The molecule has 0 saturated carbocycles. The lowest BCUT2D eigenvalue weighted by Crippen LogP contribution is -2.49. The van der Waals surface area contributed by atoms with Gasteiger partial charge in [0.1, 0.15) is 19.1 Å². The topological polar surface area (TPSA) is 50.4 Å². The van der Waals surface area contributed by atoms with Gasteiger partial charge < -0.3 is 15.4 Å². The van der Waals surface area contributed by atoms with Gasteiger partial charge in [0, 0.05) is 17.7 Å². The fourth-order valence-corrected chi connectivity index (χ4v) is 3.15. The van der Waals surface area contributed by atoms with Crippen LogP contribution in [0.15, 0.2) is 42.5 Å². The molecule has 0 aliphatic carbocycles. The molecule has 2 aromatic rings. The Morgan fingerprint density at radius 1 is 1.15 bits per heavy atom. The third kappa shape index (κ3) is 3.49. The number of carbonyl (C=O) groups is 1. The standard InChI is InChI=1S/C20H22F2N2O2/c1-13-6-5-8-16(14(13)2)23-19(25)24-17-10-20(11-21,12-22)26-18-9-4-3-7-15(17)18/h3-9,17H,10-12H2,1-2H3,(H2,23,24,25). The number of urea groups is 1. The second kappa shape index (κ2) is 7.32. The molecular weight excluding hydrogens is 338 g/mol. The Kier molecular flexibility index (Phi) is 5.11. The average molecular weight is 360 g/mol. The van der Waals surface area contributed by atoms with Crippen LogP contribution in [0.1, 0.15) is 29.2 Å². The Morgan fingerprint density at radius 2 is 1.88 bits per heavy atom. The van der Waals surface area contributed by atoms with Gasteiger partial charge in [0.2, 0.25) is 0 Å². The highest BCUT2D eigenvalue weighted by molar-refractivity contribution is 5.90. The van der Waals surface area contributed by atoms with Crippen LogP contribution in [-0.2, 0) is 0 Å². The molecule has 2 N–H and O–H groups in total. The van der Waals surface area contributed by atoms with Crippen LogP contribution in [0.25, 0.3) is 0 Å². The number of anilines is 1. The molecule has 0 bridgehead atoms. The second-order valence-corrected chi connectivity index (χ2v) is 6.69. The summed E-state index contributed by atoms with van der Waals surface area (Å²) in [6.07, 6.45) is 0.0250. The summed E-state index contributed by atoms with van der Waals surface area (Å²) < 4.78 is 32.5. The number of hydrogen-bond donors (Lipinski definition) is 2. The second-order valence-electron chi connectivity index (χ2n) is 6.69. The number of carbonyl (C=O) groups excluding carboxylic acids is 1. The molecule has 0 aromatic heterocycles. The monoisotopic (exact) mass is 360 g/mol.